The highest BCUT2D eigenvalue weighted by Gasteiger charge is 2.44. The molecule has 0 bridgehead atoms. The van der Waals surface area contributed by atoms with Gasteiger partial charge >= 0.3 is 5.97 Å². The zero-order valence-corrected chi connectivity index (χ0v) is 16.1. The summed E-state index contributed by atoms with van der Waals surface area (Å²) in [6.07, 6.45) is 4.93. The number of nitrogens with zero attached hydrogens (tertiary/aromatic N) is 1. The van der Waals surface area contributed by atoms with Gasteiger partial charge in [-0.05, 0) is 75.7 Å². The molecule has 27 heavy (non-hydrogen) atoms. The first-order valence-electron chi connectivity index (χ1n) is 9.60. The Kier molecular flexibility index (Phi) is 6.27. The normalized spacial score (nSPS) is 17.5. The molecular formula is C23H27FNO2. The number of ether oxygens (including phenoxy) is 1. The molecule has 143 valence electrons. The fraction of sp³-hybridized carbons (Fsp3) is 0.435. The molecule has 0 aromatic heterocycles. The second kappa shape index (κ2) is 8.66. The molecule has 3 rings (SSSR count). The van der Waals surface area contributed by atoms with Gasteiger partial charge in [0.05, 0.1) is 5.56 Å². The predicted molar refractivity (Wildman–Crippen MR) is 104 cm³/mol. The van der Waals surface area contributed by atoms with Crippen molar-refractivity contribution in [1.29, 1.82) is 0 Å². The Hall–Kier alpha value is -2.20. The molecule has 3 nitrogen and oxygen atoms in total. The van der Waals surface area contributed by atoms with Gasteiger partial charge in [-0.2, -0.15) is 0 Å². The summed E-state index contributed by atoms with van der Waals surface area (Å²) in [4.78, 5) is 15.0. The minimum Gasteiger partial charge on any atom is -0.455 e. The van der Waals surface area contributed by atoms with Crippen molar-refractivity contribution in [1.82, 2.24) is 4.90 Å². The van der Waals surface area contributed by atoms with Crippen LogP contribution < -0.4 is 0 Å². The molecule has 0 heterocycles. The summed E-state index contributed by atoms with van der Waals surface area (Å²) in [7, 11) is 4.08. The van der Waals surface area contributed by atoms with Gasteiger partial charge in [-0.1, -0.05) is 30.7 Å². The Morgan fingerprint density at radius 1 is 1.11 bits per heavy atom. The van der Waals surface area contributed by atoms with Gasteiger partial charge in [0.1, 0.15) is 11.4 Å². The Balaban J connectivity index is 1.94. The zero-order valence-electron chi connectivity index (χ0n) is 16.1. The van der Waals surface area contributed by atoms with Crippen molar-refractivity contribution in [2.24, 2.45) is 0 Å². The molecule has 1 saturated carbocycles. The first kappa shape index (κ1) is 19.6. The van der Waals surface area contributed by atoms with E-state index in [1.54, 1.807) is 0 Å². The third kappa shape index (κ3) is 4.75. The maximum absolute atomic E-state index is 13.2. The Morgan fingerprint density at radius 3 is 2.33 bits per heavy atom. The molecule has 0 N–H and O–H groups in total. The van der Waals surface area contributed by atoms with Crippen LogP contribution in [0.5, 0.6) is 0 Å². The van der Waals surface area contributed by atoms with Crippen molar-refractivity contribution >= 4 is 5.97 Å². The van der Waals surface area contributed by atoms with Gasteiger partial charge < -0.3 is 9.64 Å². The fourth-order valence-electron chi connectivity index (χ4n) is 4.07. The summed E-state index contributed by atoms with van der Waals surface area (Å²) < 4.78 is 19.4. The maximum Gasteiger partial charge on any atom is 0.338 e. The van der Waals surface area contributed by atoms with Gasteiger partial charge in [0.2, 0.25) is 0 Å². The molecule has 1 aliphatic carbocycles. The summed E-state index contributed by atoms with van der Waals surface area (Å²) in [5, 5.41) is 0. The van der Waals surface area contributed by atoms with E-state index >= 15 is 0 Å². The summed E-state index contributed by atoms with van der Waals surface area (Å²) in [5.41, 5.74) is 1.01. The van der Waals surface area contributed by atoms with Crippen LogP contribution in [0, 0.1) is 11.9 Å². The van der Waals surface area contributed by atoms with Crippen molar-refractivity contribution in [3.8, 4) is 0 Å². The van der Waals surface area contributed by atoms with Crippen molar-refractivity contribution < 1.29 is 13.9 Å². The van der Waals surface area contributed by atoms with E-state index in [-0.39, 0.29) is 17.7 Å². The lowest BCUT2D eigenvalue weighted by Gasteiger charge is -2.44. The number of halogens is 1. The van der Waals surface area contributed by atoms with Gasteiger partial charge in [0.15, 0.2) is 0 Å². The molecule has 1 aliphatic rings. The number of hydrogen-bond acceptors (Lipinski definition) is 3. The molecule has 0 amide bonds. The summed E-state index contributed by atoms with van der Waals surface area (Å²) in [6, 6.07) is 16.6. The zero-order chi connectivity index (χ0) is 19.3. The largest absolute Gasteiger partial charge is 0.455 e. The molecule has 1 unspecified atom stereocenters. The minimum absolute atomic E-state index is 0.0757. The quantitative estimate of drug-likeness (QED) is 0.684. The van der Waals surface area contributed by atoms with Crippen molar-refractivity contribution in [3.05, 3.63) is 71.5 Å². The monoisotopic (exact) mass is 368 g/mol. The third-order valence-electron chi connectivity index (χ3n) is 5.40. The van der Waals surface area contributed by atoms with E-state index in [1.807, 2.05) is 26.2 Å². The number of esters is 1. The number of hydrogen-bond donors (Lipinski definition) is 0. The van der Waals surface area contributed by atoms with Crippen molar-refractivity contribution in [2.75, 3.05) is 20.6 Å². The Bertz CT molecular complexity index is 737. The summed E-state index contributed by atoms with van der Waals surface area (Å²) >= 11 is 0. The predicted octanol–water partition coefficient (Wildman–Crippen LogP) is 4.83. The number of benzene rings is 2. The third-order valence-corrected chi connectivity index (χ3v) is 5.40. The van der Waals surface area contributed by atoms with E-state index in [4.69, 9.17) is 4.74 Å². The smallest absolute Gasteiger partial charge is 0.338 e. The van der Waals surface area contributed by atoms with Crippen LogP contribution in [0.1, 0.15) is 53.9 Å². The fourth-order valence-corrected chi connectivity index (χ4v) is 4.07. The van der Waals surface area contributed by atoms with Crippen LogP contribution in [0.3, 0.4) is 0 Å². The topological polar surface area (TPSA) is 29.5 Å². The molecule has 1 radical (unpaired) electrons. The van der Waals surface area contributed by atoms with E-state index in [0.29, 0.717) is 5.56 Å². The maximum atomic E-state index is 13.2. The second-order valence-corrected chi connectivity index (χ2v) is 7.67. The van der Waals surface area contributed by atoms with Crippen LogP contribution >= 0.6 is 0 Å². The molecule has 1 atom stereocenters. The molecule has 4 heteroatoms. The second-order valence-electron chi connectivity index (χ2n) is 7.67. The van der Waals surface area contributed by atoms with Crippen LogP contribution in [0.15, 0.2) is 48.5 Å². The van der Waals surface area contributed by atoms with E-state index in [1.165, 1.54) is 24.3 Å². The highest BCUT2D eigenvalue weighted by molar-refractivity contribution is 5.89. The standard InChI is InChI=1S/C23H27FNO2/c1-25(2)17-21(18-9-5-3-6-10-18)23(15-7-4-8-16-23)27-22(26)19-11-13-20(24)14-12-19/h5-6,9-14,21H,4,7-8,15-17H2,1-2H3. The average Bonchev–Trinajstić information content (AvgIpc) is 2.68. The van der Waals surface area contributed by atoms with Gasteiger partial charge in [-0.25, -0.2) is 9.18 Å². The lowest BCUT2D eigenvalue weighted by molar-refractivity contribution is -0.0575. The first-order valence-corrected chi connectivity index (χ1v) is 9.60. The van der Waals surface area contributed by atoms with E-state index in [2.05, 4.69) is 23.1 Å². The SMILES string of the molecule is CN(C)CC(c1cc[c]cc1)C1(OC(=O)c2ccc(F)cc2)CCCCC1. The molecule has 2 aromatic rings. The lowest BCUT2D eigenvalue weighted by Crippen LogP contribution is -2.46. The Morgan fingerprint density at radius 2 is 1.74 bits per heavy atom. The average molecular weight is 368 g/mol. The molecule has 1 fully saturated rings. The highest BCUT2D eigenvalue weighted by atomic mass is 19.1. The molecule has 0 spiro atoms. The number of likely N-dealkylation sites (N-methyl/N-ethyl adjacent to an activating group) is 1. The molecule has 2 aromatic carbocycles. The summed E-state index contributed by atoms with van der Waals surface area (Å²) in [5.74, 6) is -0.653. The van der Waals surface area contributed by atoms with Gasteiger partial charge in [-0.3, -0.25) is 0 Å². The number of rotatable bonds is 6. The van der Waals surface area contributed by atoms with Gasteiger partial charge in [0, 0.05) is 12.5 Å². The van der Waals surface area contributed by atoms with Crippen LogP contribution in [-0.2, 0) is 4.74 Å². The summed E-state index contributed by atoms with van der Waals surface area (Å²) in [6.45, 7) is 0.792. The van der Waals surface area contributed by atoms with Crippen LogP contribution in [0.2, 0.25) is 0 Å². The van der Waals surface area contributed by atoms with Crippen LogP contribution in [0.25, 0.3) is 0 Å². The van der Waals surface area contributed by atoms with Gasteiger partial charge in [-0.15, -0.1) is 0 Å². The number of carbonyl (C=O) groups excluding carboxylic acids is 1. The minimum atomic E-state index is -0.546. The van der Waals surface area contributed by atoms with Crippen molar-refractivity contribution in [3.63, 3.8) is 0 Å². The number of carbonyl (C=O) groups is 1. The van der Waals surface area contributed by atoms with E-state index < -0.39 is 5.60 Å². The van der Waals surface area contributed by atoms with Crippen molar-refractivity contribution in [2.45, 2.75) is 43.6 Å². The molecule has 0 saturated heterocycles. The first-order chi connectivity index (χ1) is 13.0. The van der Waals surface area contributed by atoms with E-state index in [0.717, 1.165) is 44.2 Å². The van der Waals surface area contributed by atoms with E-state index in [9.17, 15) is 9.18 Å². The molecular weight excluding hydrogens is 341 g/mol. The van der Waals surface area contributed by atoms with Crippen LogP contribution in [0.4, 0.5) is 4.39 Å². The highest BCUT2D eigenvalue weighted by Crippen LogP contribution is 2.43. The lowest BCUT2D eigenvalue weighted by atomic mass is 9.72. The molecule has 0 aliphatic heterocycles. The Labute approximate surface area is 161 Å². The van der Waals surface area contributed by atoms with Gasteiger partial charge in [0.25, 0.3) is 0 Å². The van der Waals surface area contributed by atoms with Crippen LogP contribution in [-0.4, -0.2) is 37.1 Å².